The summed E-state index contributed by atoms with van der Waals surface area (Å²) in [6.07, 6.45) is -0.476. The SMILES string of the molecule is CC(=O)C1CN(C(=O)c2ccccc2)CCO1. The molecule has 0 radical (unpaired) electrons. The zero-order valence-corrected chi connectivity index (χ0v) is 9.76. The molecular weight excluding hydrogens is 218 g/mol. The molecule has 2 rings (SSSR count). The zero-order chi connectivity index (χ0) is 12.3. The van der Waals surface area contributed by atoms with Crippen LogP contribution in [-0.2, 0) is 9.53 Å². The van der Waals surface area contributed by atoms with Crippen molar-refractivity contribution in [2.45, 2.75) is 13.0 Å². The minimum atomic E-state index is -0.476. The molecule has 90 valence electrons. The van der Waals surface area contributed by atoms with E-state index in [1.54, 1.807) is 17.0 Å². The molecule has 17 heavy (non-hydrogen) atoms. The van der Waals surface area contributed by atoms with E-state index in [1.807, 2.05) is 18.2 Å². The molecule has 4 nitrogen and oxygen atoms in total. The molecule has 1 heterocycles. The Balaban J connectivity index is 2.07. The number of rotatable bonds is 2. The van der Waals surface area contributed by atoms with Gasteiger partial charge in [0.25, 0.3) is 5.91 Å². The standard InChI is InChI=1S/C13H15NO3/c1-10(15)12-9-14(7-8-17-12)13(16)11-5-3-2-4-6-11/h2-6,12H,7-9H2,1H3. The van der Waals surface area contributed by atoms with Crippen molar-refractivity contribution in [2.24, 2.45) is 0 Å². The van der Waals surface area contributed by atoms with Crippen molar-refractivity contribution < 1.29 is 14.3 Å². The molecule has 1 atom stereocenters. The van der Waals surface area contributed by atoms with Gasteiger partial charge in [0.1, 0.15) is 6.10 Å². The molecule has 0 spiro atoms. The normalized spacial score (nSPS) is 20.1. The number of ketones is 1. The largest absolute Gasteiger partial charge is 0.367 e. The monoisotopic (exact) mass is 233 g/mol. The predicted molar refractivity (Wildman–Crippen MR) is 62.8 cm³/mol. The van der Waals surface area contributed by atoms with Gasteiger partial charge in [0.05, 0.1) is 13.2 Å². The Morgan fingerprint density at radius 2 is 2.00 bits per heavy atom. The van der Waals surface area contributed by atoms with Crippen LogP contribution >= 0.6 is 0 Å². The second-order valence-corrected chi connectivity index (χ2v) is 4.09. The molecule has 0 aliphatic carbocycles. The van der Waals surface area contributed by atoms with Crippen molar-refractivity contribution in [3.05, 3.63) is 35.9 Å². The van der Waals surface area contributed by atoms with Crippen LogP contribution in [0.5, 0.6) is 0 Å². The number of amides is 1. The second-order valence-electron chi connectivity index (χ2n) is 4.09. The number of benzene rings is 1. The molecule has 0 saturated carbocycles. The minimum Gasteiger partial charge on any atom is -0.367 e. The lowest BCUT2D eigenvalue weighted by Gasteiger charge is -2.31. The van der Waals surface area contributed by atoms with Gasteiger partial charge >= 0.3 is 0 Å². The van der Waals surface area contributed by atoms with E-state index >= 15 is 0 Å². The summed E-state index contributed by atoms with van der Waals surface area (Å²) in [5.41, 5.74) is 0.650. The number of ether oxygens (including phenoxy) is 1. The Morgan fingerprint density at radius 1 is 1.29 bits per heavy atom. The van der Waals surface area contributed by atoms with Gasteiger partial charge in [-0.2, -0.15) is 0 Å². The van der Waals surface area contributed by atoms with Gasteiger partial charge in [0, 0.05) is 12.1 Å². The third-order valence-corrected chi connectivity index (χ3v) is 2.83. The van der Waals surface area contributed by atoms with Gasteiger partial charge in [-0.05, 0) is 19.1 Å². The maximum absolute atomic E-state index is 12.1. The number of nitrogens with zero attached hydrogens (tertiary/aromatic N) is 1. The van der Waals surface area contributed by atoms with Gasteiger partial charge < -0.3 is 9.64 Å². The van der Waals surface area contributed by atoms with Crippen LogP contribution < -0.4 is 0 Å². The lowest BCUT2D eigenvalue weighted by molar-refractivity contribution is -0.132. The van der Waals surface area contributed by atoms with Crippen molar-refractivity contribution in [3.8, 4) is 0 Å². The Morgan fingerprint density at radius 3 is 2.65 bits per heavy atom. The Labute approximate surface area is 100 Å². The molecule has 1 amide bonds. The summed E-state index contributed by atoms with van der Waals surface area (Å²) in [5, 5.41) is 0. The third kappa shape index (κ3) is 2.71. The van der Waals surface area contributed by atoms with E-state index in [9.17, 15) is 9.59 Å². The van der Waals surface area contributed by atoms with E-state index in [-0.39, 0.29) is 11.7 Å². The average molecular weight is 233 g/mol. The van der Waals surface area contributed by atoms with Crippen LogP contribution in [0.4, 0.5) is 0 Å². The first-order valence-corrected chi connectivity index (χ1v) is 5.65. The summed E-state index contributed by atoms with van der Waals surface area (Å²) in [6.45, 7) is 2.80. The number of carbonyl (C=O) groups excluding carboxylic acids is 2. The lowest BCUT2D eigenvalue weighted by Crippen LogP contribution is -2.48. The molecule has 1 aliphatic rings. The molecule has 1 aromatic rings. The van der Waals surface area contributed by atoms with Crippen LogP contribution in [0.3, 0.4) is 0 Å². The molecular formula is C13H15NO3. The zero-order valence-electron chi connectivity index (χ0n) is 9.76. The van der Waals surface area contributed by atoms with E-state index in [0.29, 0.717) is 25.3 Å². The summed E-state index contributed by atoms with van der Waals surface area (Å²) in [5.74, 6) is -0.0734. The number of carbonyl (C=O) groups is 2. The minimum absolute atomic E-state index is 0.0319. The van der Waals surface area contributed by atoms with E-state index < -0.39 is 6.10 Å². The summed E-state index contributed by atoms with van der Waals surface area (Å²) in [6, 6.07) is 9.09. The van der Waals surface area contributed by atoms with E-state index in [0.717, 1.165) is 0 Å². The van der Waals surface area contributed by atoms with Gasteiger partial charge in [-0.25, -0.2) is 0 Å². The number of hydrogen-bond donors (Lipinski definition) is 0. The topological polar surface area (TPSA) is 46.6 Å². The summed E-state index contributed by atoms with van der Waals surface area (Å²) >= 11 is 0. The average Bonchev–Trinajstić information content (AvgIpc) is 2.39. The van der Waals surface area contributed by atoms with E-state index in [2.05, 4.69) is 0 Å². The van der Waals surface area contributed by atoms with Crippen molar-refractivity contribution in [2.75, 3.05) is 19.7 Å². The van der Waals surface area contributed by atoms with Gasteiger partial charge in [0.2, 0.25) is 0 Å². The molecule has 0 N–H and O–H groups in total. The maximum Gasteiger partial charge on any atom is 0.254 e. The number of morpholine rings is 1. The first-order chi connectivity index (χ1) is 8.18. The molecule has 1 aromatic carbocycles. The van der Waals surface area contributed by atoms with Crippen molar-refractivity contribution in [1.82, 2.24) is 4.90 Å². The third-order valence-electron chi connectivity index (χ3n) is 2.83. The highest BCUT2D eigenvalue weighted by atomic mass is 16.5. The molecule has 1 aliphatic heterocycles. The highest BCUT2D eigenvalue weighted by Crippen LogP contribution is 2.11. The number of Topliss-reactive ketones (excluding diaryl/α,β-unsaturated/α-hetero) is 1. The quantitative estimate of drug-likeness (QED) is 0.769. The van der Waals surface area contributed by atoms with Crippen LogP contribution in [0, 0.1) is 0 Å². The highest BCUT2D eigenvalue weighted by Gasteiger charge is 2.27. The highest BCUT2D eigenvalue weighted by molar-refractivity contribution is 5.94. The molecule has 4 heteroatoms. The van der Waals surface area contributed by atoms with E-state index in [1.165, 1.54) is 6.92 Å². The van der Waals surface area contributed by atoms with Crippen LogP contribution in [0.15, 0.2) is 30.3 Å². The molecule has 1 unspecified atom stereocenters. The fraction of sp³-hybridized carbons (Fsp3) is 0.385. The van der Waals surface area contributed by atoms with Gasteiger partial charge in [0.15, 0.2) is 5.78 Å². The van der Waals surface area contributed by atoms with Crippen molar-refractivity contribution >= 4 is 11.7 Å². The van der Waals surface area contributed by atoms with Gasteiger partial charge in [-0.1, -0.05) is 18.2 Å². The van der Waals surface area contributed by atoms with Gasteiger partial charge in [-0.15, -0.1) is 0 Å². The van der Waals surface area contributed by atoms with Crippen LogP contribution in [0.2, 0.25) is 0 Å². The van der Waals surface area contributed by atoms with Crippen LogP contribution in [-0.4, -0.2) is 42.4 Å². The first kappa shape index (κ1) is 11.8. The summed E-state index contributed by atoms with van der Waals surface area (Å²) in [4.78, 5) is 25.0. The second kappa shape index (κ2) is 5.10. The Kier molecular flexibility index (Phi) is 3.54. The predicted octanol–water partition coefficient (Wildman–Crippen LogP) is 1.12. The molecule has 0 bridgehead atoms. The lowest BCUT2D eigenvalue weighted by atomic mass is 10.1. The van der Waals surface area contributed by atoms with Gasteiger partial charge in [-0.3, -0.25) is 9.59 Å². The summed E-state index contributed by atoms with van der Waals surface area (Å²) in [7, 11) is 0. The fourth-order valence-corrected chi connectivity index (χ4v) is 1.84. The molecule has 1 saturated heterocycles. The smallest absolute Gasteiger partial charge is 0.254 e. The van der Waals surface area contributed by atoms with Crippen molar-refractivity contribution in [1.29, 1.82) is 0 Å². The van der Waals surface area contributed by atoms with Crippen molar-refractivity contribution in [3.63, 3.8) is 0 Å². The summed E-state index contributed by atoms with van der Waals surface area (Å²) < 4.78 is 5.31. The van der Waals surface area contributed by atoms with Crippen LogP contribution in [0.25, 0.3) is 0 Å². The van der Waals surface area contributed by atoms with Crippen LogP contribution in [0.1, 0.15) is 17.3 Å². The Bertz CT molecular complexity index is 416. The maximum atomic E-state index is 12.1. The Hall–Kier alpha value is -1.68. The molecule has 1 fully saturated rings. The molecule has 0 aromatic heterocycles. The fourth-order valence-electron chi connectivity index (χ4n) is 1.84. The number of hydrogen-bond acceptors (Lipinski definition) is 3. The van der Waals surface area contributed by atoms with E-state index in [4.69, 9.17) is 4.74 Å². The first-order valence-electron chi connectivity index (χ1n) is 5.65.